The summed E-state index contributed by atoms with van der Waals surface area (Å²) in [5, 5.41) is 0.955. The van der Waals surface area contributed by atoms with E-state index < -0.39 is 0 Å². The largest absolute Gasteiger partial charge is 0.334 e. The molecular weight excluding hydrogens is 257 g/mol. The van der Waals surface area contributed by atoms with Crippen LogP contribution < -0.4 is 0 Å². The van der Waals surface area contributed by atoms with Gasteiger partial charge in [0.05, 0.1) is 10.6 Å². The fourth-order valence-electron chi connectivity index (χ4n) is 1.87. The summed E-state index contributed by atoms with van der Waals surface area (Å²) in [5.74, 6) is -0.0810. The molecule has 0 saturated heterocycles. The van der Waals surface area contributed by atoms with Crippen molar-refractivity contribution < 1.29 is 4.79 Å². The molecule has 0 saturated carbocycles. The van der Waals surface area contributed by atoms with Gasteiger partial charge in [0.1, 0.15) is 0 Å². The van der Waals surface area contributed by atoms with E-state index in [0.717, 1.165) is 0 Å². The maximum absolute atomic E-state index is 12.4. The first-order valence-corrected chi connectivity index (χ1v) is 6.38. The van der Waals surface area contributed by atoms with E-state index in [9.17, 15) is 4.79 Å². The average molecular weight is 274 g/mol. The van der Waals surface area contributed by atoms with Crippen LogP contribution in [0.4, 0.5) is 0 Å². The van der Waals surface area contributed by atoms with Crippen molar-refractivity contribution in [3.05, 3.63) is 33.8 Å². The number of rotatable bonds is 3. The van der Waals surface area contributed by atoms with Gasteiger partial charge >= 0.3 is 0 Å². The Morgan fingerprint density at radius 2 is 1.65 bits per heavy atom. The Hall–Kier alpha value is -0.730. The zero-order chi connectivity index (χ0) is 13.2. The molecule has 0 bridgehead atoms. The fraction of sp³-hybridized carbons (Fsp3) is 0.462. The number of carbonyl (C=O) groups excluding carboxylic acids is 1. The van der Waals surface area contributed by atoms with Gasteiger partial charge in [-0.3, -0.25) is 4.79 Å². The second-order valence-electron chi connectivity index (χ2n) is 4.52. The quantitative estimate of drug-likeness (QED) is 0.806. The van der Waals surface area contributed by atoms with E-state index in [1.807, 2.05) is 27.7 Å². The van der Waals surface area contributed by atoms with Crippen LogP contribution in [0.5, 0.6) is 0 Å². The average Bonchev–Trinajstić information content (AvgIpc) is 2.20. The highest BCUT2D eigenvalue weighted by molar-refractivity contribution is 6.35. The van der Waals surface area contributed by atoms with Crippen LogP contribution in [-0.2, 0) is 0 Å². The van der Waals surface area contributed by atoms with Gasteiger partial charge in [0.15, 0.2) is 0 Å². The van der Waals surface area contributed by atoms with Crippen LogP contribution in [0.2, 0.25) is 10.0 Å². The molecule has 0 spiro atoms. The van der Waals surface area contributed by atoms with E-state index in [1.165, 1.54) is 0 Å². The molecule has 0 fully saturated rings. The lowest BCUT2D eigenvalue weighted by Gasteiger charge is -2.31. The molecule has 0 unspecified atom stereocenters. The van der Waals surface area contributed by atoms with Crippen molar-refractivity contribution in [2.24, 2.45) is 0 Å². The van der Waals surface area contributed by atoms with Crippen LogP contribution in [0, 0.1) is 0 Å². The molecule has 2 nitrogen and oxygen atoms in total. The number of halogens is 2. The molecule has 1 amide bonds. The van der Waals surface area contributed by atoms with Gasteiger partial charge in [-0.15, -0.1) is 0 Å². The van der Waals surface area contributed by atoms with Gasteiger partial charge in [0.2, 0.25) is 0 Å². The van der Waals surface area contributed by atoms with E-state index in [0.29, 0.717) is 15.6 Å². The monoisotopic (exact) mass is 273 g/mol. The minimum absolute atomic E-state index is 0.0810. The van der Waals surface area contributed by atoms with Gasteiger partial charge < -0.3 is 4.90 Å². The summed E-state index contributed by atoms with van der Waals surface area (Å²) in [6, 6.07) is 5.19. The molecule has 1 aromatic rings. The van der Waals surface area contributed by atoms with Crippen molar-refractivity contribution in [2.45, 2.75) is 39.8 Å². The predicted molar refractivity (Wildman–Crippen MR) is 72.9 cm³/mol. The van der Waals surface area contributed by atoms with Crippen molar-refractivity contribution in [3.8, 4) is 0 Å². The van der Waals surface area contributed by atoms with Crippen molar-refractivity contribution in [1.82, 2.24) is 4.90 Å². The van der Waals surface area contributed by atoms with Crippen LogP contribution in [0.3, 0.4) is 0 Å². The molecule has 94 valence electrons. The molecule has 0 atom stereocenters. The summed E-state index contributed by atoms with van der Waals surface area (Å²) >= 11 is 11.9. The lowest BCUT2D eigenvalue weighted by Crippen LogP contribution is -2.42. The second kappa shape index (κ2) is 5.74. The zero-order valence-corrected chi connectivity index (χ0v) is 12.0. The SMILES string of the molecule is CC(C)N(C(=O)c1cc(Cl)ccc1Cl)C(C)C. The molecule has 0 aliphatic carbocycles. The Morgan fingerprint density at radius 1 is 1.12 bits per heavy atom. The molecule has 4 heteroatoms. The smallest absolute Gasteiger partial charge is 0.255 e. The number of nitrogens with zero attached hydrogens (tertiary/aromatic N) is 1. The summed E-state index contributed by atoms with van der Waals surface area (Å²) in [6.07, 6.45) is 0. The van der Waals surface area contributed by atoms with E-state index in [-0.39, 0.29) is 18.0 Å². The van der Waals surface area contributed by atoms with Crippen molar-refractivity contribution in [2.75, 3.05) is 0 Å². The fourth-order valence-corrected chi connectivity index (χ4v) is 2.24. The third-order valence-electron chi connectivity index (χ3n) is 2.51. The first kappa shape index (κ1) is 14.3. The lowest BCUT2D eigenvalue weighted by atomic mass is 10.1. The Morgan fingerprint density at radius 3 is 2.12 bits per heavy atom. The Kier molecular flexibility index (Phi) is 4.84. The van der Waals surface area contributed by atoms with Gasteiger partial charge in [-0.2, -0.15) is 0 Å². The van der Waals surface area contributed by atoms with Gasteiger partial charge in [-0.25, -0.2) is 0 Å². The standard InChI is InChI=1S/C13H17Cl2NO/c1-8(2)16(9(3)4)13(17)11-7-10(14)5-6-12(11)15/h5-9H,1-4H3. The van der Waals surface area contributed by atoms with Crippen LogP contribution in [0.25, 0.3) is 0 Å². The highest BCUT2D eigenvalue weighted by Crippen LogP contribution is 2.23. The summed E-state index contributed by atoms with van der Waals surface area (Å²) in [6.45, 7) is 7.93. The van der Waals surface area contributed by atoms with Crippen LogP contribution in [0.1, 0.15) is 38.1 Å². The molecule has 0 heterocycles. The zero-order valence-electron chi connectivity index (χ0n) is 10.5. The van der Waals surface area contributed by atoms with Crippen molar-refractivity contribution in [1.29, 1.82) is 0 Å². The van der Waals surface area contributed by atoms with E-state index in [2.05, 4.69) is 0 Å². The Balaban J connectivity index is 3.14. The number of carbonyl (C=O) groups is 1. The highest BCUT2D eigenvalue weighted by Gasteiger charge is 2.23. The van der Waals surface area contributed by atoms with Gasteiger partial charge in [0.25, 0.3) is 5.91 Å². The molecule has 0 aliphatic rings. The normalized spacial score (nSPS) is 11.1. The summed E-state index contributed by atoms with van der Waals surface area (Å²) < 4.78 is 0. The summed E-state index contributed by atoms with van der Waals surface area (Å²) in [4.78, 5) is 14.2. The summed E-state index contributed by atoms with van der Waals surface area (Å²) in [7, 11) is 0. The lowest BCUT2D eigenvalue weighted by molar-refractivity contribution is 0.0644. The van der Waals surface area contributed by atoms with Gasteiger partial charge in [-0.1, -0.05) is 23.2 Å². The topological polar surface area (TPSA) is 20.3 Å². The Bertz CT molecular complexity index is 408. The van der Waals surface area contributed by atoms with E-state index in [4.69, 9.17) is 23.2 Å². The predicted octanol–water partition coefficient (Wildman–Crippen LogP) is 4.25. The number of hydrogen-bond acceptors (Lipinski definition) is 1. The van der Waals surface area contributed by atoms with Crippen LogP contribution in [-0.4, -0.2) is 22.9 Å². The molecule has 0 N–H and O–H groups in total. The maximum atomic E-state index is 12.4. The minimum Gasteiger partial charge on any atom is -0.334 e. The Labute approximate surface area is 113 Å². The third-order valence-corrected chi connectivity index (χ3v) is 3.07. The first-order chi connectivity index (χ1) is 7.84. The number of hydrogen-bond donors (Lipinski definition) is 0. The van der Waals surface area contributed by atoms with Crippen LogP contribution >= 0.6 is 23.2 Å². The first-order valence-electron chi connectivity index (χ1n) is 5.62. The minimum atomic E-state index is -0.0810. The number of benzene rings is 1. The molecular formula is C13H17Cl2NO. The molecule has 0 radical (unpaired) electrons. The van der Waals surface area contributed by atoms with E-state index >= 15 is 0 Å². The van der Waals surface area contributed by atoms with Gasteiger partial charge in [0, 0.05) is 17.1 Å². The van der Waals surface area contributed by atoms with Gasteiger partial charge in [-0.05, 0) is 45.9 Å². The highest BCUT2D eigenvalue weighted by atomic mass is 35.5. The second-order valence-corrected chi connectivity index (χ2v) is 5.37. The summed E-state index contributed by atoms with van der Waals surface area (Å²) in [5.41, 5.74) is 0.460. The van der Waals surface area contributed by atoms with Crippen LogP contribution in [0.15, 0.2) is 18.2 Å². The third kappa shape index (κ3) is 3.36. The number of amides is 1. The molecule has 1 rings (SSSR count). The molecule has 0 aliphatic heterocycles. The van der Waals surface area contributed by atoms with Crippen molar-refractivity contribution in [3.63, 3.8) is 0 Å². The molecule has 1 aromatic carbocycles. The van der Waals surface area contributed by atoms with E-state index in [1.54, 1.807) is 23.1 Å². The van der Waals surface area contributed by atoms with Crippen molar-refractivity contribution >= 4 is 29.1 Å². The molecule has 0 aromatic heterocycles. The molecule has 17 heavy (non-hydrogen) atoms. The maximum Gasteiger partial charge on any atom is 0.255 e.